The van der Waals surface area contributed by atoms with Crippen molar-refractivity contribution in [3.05, 3.63) is 0 Å². The van der Waals surface area contributed by atoms with Crippen molar-refractivity contribution in [3.8, 4) is 0 Å². The molecule has 1 saturated heterocycles. The van der Waals surface area contributed by atoms with Crippen LogP contribution in [0.5, 0.6) is 0 Å². The van der Waals surface area contributed by atoms with Crippen LogP contribution in [-0.2, 0) is 0 Å². The molecule has 14 heteroatoms. The van der Waals surface area contributed by atoms with Crippen molar-refractivity contribution in [1.82, 2.24) is 19.6 Å². The highest BCUT2D eigenvalue weighted by atomic mass is 19.5. The Balaban J connectivity index is 0. The van der Waals surface area contributed by atoms with Crippen LogP contribution in [0.3, 0.4) is 0 Å². The van der Waals surface area contributed by atoms with Gasteiger partial charge in [-0.25, -0.2) is 0 Å². The van der Waals surface area contributed by atoms with E-state index in [1.54, 1.807) is 0 Å². The molecule has 0 aromatic carbocycles. The van der Waals surface area contributed by atoms with Gasteiger partial charge in [-0.05, 0) is 26.2 Å². The summed E-state index contributed by atoms with van der Waals surface area (Å²) in [5, 5.41) is 0. The molecule has 0 amide bonds. The lowest BCUT2D eigenvalue weighted by molar-refractivity contribution is 0.110. The summed E-state index contributed by atoms with van der Waals surface area (Å²) in [6.45, 7) is 23.7. The fraction of sp³-hybridized carbons (Fsp3) is 1.00. The minimum atomic E-state index is -6.00. The highest BCUT2D eigenvalue weighted by Crippen LogP contribution is 2.07. The number of hydrogen-bond donors (Lipinski definition) is 0. The van der Waals surface area contributed by atoms with Crippen molar-refractivity contribution in [1.29, 1.82) is 0 Å². The van der Waals surface area contributed by atoms with Gasteiger partial charge in [0, 0.05) is 52.4 Å². The van der Waals surface area contributed by atoms with Gasteiger partial charge in [0.15, 0.2) is 0 Å². The van der Waals surface area contributed by atoms with E-state index in [9.17, 15) is 34.5 Å². The molecule has 30 heavy (non-hydrogen) atoms. The monoisotopic (exact) mass is 458 g/mol. The Bertz CT molecular complexity index is 338. The molecule has 0 unspecified atom stereocenters. The van der Waals surface area contributed by atoms with E-state index in [1.807, 2.05) is 0 Å². The van der Waals surface area contributed by atoms with Crippen LogP contribution in [0.4, 0.5) is 34.5 Å². The zero-order valence-electron chi connectivity index (χ0n) is 18.5. The third-order valence-electron chi connectivity index (χ3n) is 4.72. The smallest absolute Gasteiger partial charge is 0.418 e. The average molecular weight is 458 g/mol. The SMILES string of the molecule is CCN(CC)CCN1CCN(CCN(CC)CC)CC1.F[B-](F)(F)F.F[B-](F)(F)F. The summed E-state index contributed by atoms with van der Waals surface area (Å²) in [4.78, 5) is 10.3. The molecule has 1 heterocycles. The number of halogens is 8. The van der Waals surface area contributed by atoms with Gasteiger partial charge in [0.1, 0.15) is 0 Å². The van der Waals surface area contributed by atoms with E-state index < -0.39 is 14.5 Å². The lowest BCUT2D eigenvalue weighted by Gasteiger charge is -2.36. The van der Waals surface area contributed by atoms with E-state index in [1.165, 1.54) is 78.5 Å². The first-order valence-electron chi connectivity index (χ1n) is 10.4. The molecule has 0 N–H and O–H groups in total. The Hall–Kier alpha value is -0.590. The van der Waals surface area contributed by atoms with Crippen LogP contribution < -0.4 is 0 Å². The molecule has 0 aliphatic carbocycles. The predicted octanol–water partition coefficient (Wildman–Crippen LogP) is 3.89. The maximum atomic E-state index is 9.75. The second kappa shape index (κ2) is 17.0. The average Bonchev–Trinajstić information content (AvgIpc) is 2.62. The van der Waals surface area contributed by atoms with Crippen LogP contribution >= 0.6 is 0 Å². The molecular formula is C16H36B2F8N4-2. The standard InChI is InChI=1S/C16H36N4.2BF4/c1-5-17(6-2)9-11-19-13-15-20(16-14-19)12-10-18(7-3)8-4;2*2-1(3,4)5/h5-16H2,1-4H3;;/q;2*-1. The van der Waals surface area contributed by atoms with Gasteiger partial charge >= 0.3 is 14.5 Å². The number of nitrogens with zero attached hydrogens (tertiary/aromatic N) is 4. The minimum Gasteiger partial charge on any atom is -0.418 e. The maximum Gasteiger partial charge on any atom is 0.673 e. The van der Waals surface area contributed by atoms with Gasteiger partial charge in [0.2, 0.25) is 0 Å². The molecule has 1 rings (SSSR count). The van der Waals surface area contributed by atoms with E-state index in [0.29, 0.717) is 0 Å². The number of piperazine rings is 1. The second-order valence-corrected chi connectivity index (χ2v) is 6.73. The highest BCUT2D eigenvalue weighted by Gasteiger charge is 2.21. The largest absolute Gasteiger partial charge is 0.673 e. The van der Waals surface area contributed by atoms with Crippen molar-refractivity contribution in [3.63, 3.8) is 0 Å². The molecule has 1 aliphatic rings. The molecule has 0 spiro atoms. The zero-order chi connectivity index (χ0) is 23.8. The summed E-state index contributed by atoms with van der Waals surface area (Å²) >= 11 is 0. The fourth-order valence-electron chi connectivity index (χ4n) is 2.88. The second-order valence-electron chi connectivity index (χ2n) is 6.73. The van der Waals surface area contributed by atoms with Crippen molar-refractivity contribution in [2.75, 3.05) is 78.5 Å². The molecule has 0 aromatic rings. The van der Waals surface area contributed by atoms with Crippen molar-refractivity contribution in [2.45, 2.75) is 27.7 Å². The molecule has 0 radical (unpaired) electrons. The Morgan fingerprint density at radius 1 is 0.533 bits per heavy atom. The molecule has 1 fully saturated rings. The first kappa shape index (κ1) is 31.6. The van der Waals surface area contributed by atoms with Crippen LogP contribution in [0, 0.1) is 0 Å². The van der Waals surface area contributed by atoms with Crippen molar-refractivity contribution in [2.24, 2.45) is 0 Å². The van der Waals surface area contributed by atoms with E-state index in [4.69, 9.17) is 0 Å². The van der Waals surface area contributed by atoms with Gasteiger partial charge < -0.3 is 44.3 Å². The first-order chi connectivity index (χ1) is 13.7. The quantitative estimate of drug-likeness (QED) is 0.364. The first-order valence-corrected chi connectivity index (χ1v) is 10.4. The molecule has 0 saturated carbocycles. The van der Waals surface area contributed by atoms with Gasteiger partial charge in [0.05, 0.1) is 0 Å². The summed E-state index contributed by atoms with van der Waals surface area (Å²) in [6.07, 6.45) is 0. The molecule has 0 aromatic heterocycles. The minimum absolute atomic E-state index is 1.18. The summed E-state index contributed by atoms with van der Waals surface area (Å²) < 4.78 is 78.0. The number of likely N-dealkylation sites (N-methyl/N-ethyl adjacent to an activating group) is 2. The molecule has 0 atom stereocenters. The van der Waals surface area contributed by atoms with Gasteiger partial charge in [-0.3, -0.25) is 9.80 Å². The zero-order valence-corrected chi connectivity index (χ0v) is 18.5. The van der Waals surface area contributed by atoms with Crippen LogP contribution in [0.15, 0.2) is 0 Å². The van der Waals surface area contributed by atoms with Crippen LogP contribution in [0.1, 0.15) is 27.7 Å². The maximum absolute atomic E-state index is 9.75. The third-order valence-corrected chi connectivity index (χ3v) is 4.72. The Labute approximate surface area is 175 Å². The Kier molecular flexibility index (Phi) is 17.9. The highest BCUT2D eigenvalue weighted by molar-refractivity contribution is 6.50. The van der Waals surface area contributed by atoms with Crippen LogP contribution in [0.2, 0.25) is 0 Å². The molecule has 1 aliphatic heterocycles. The lowest BCUT2D eigenvalue weighted by Crippen LogP contribution is -2.50. The predicted molar refractivity (Wildman–Crippen MR) is 109 cm³/mol. The summed E-state index contributed by atoms with van der Waals surface area (Å²) in [5.41, 5.74) is 0. The van der Waals surface area contributed by atoms with Gasteiger partial charge in [0.25, 0.3) is 0 Å². The summed E-state index contributed by atoms with van der Waals surface area (Å²) in [6, 6.07) is 0. The van der Waals surface area contributed by atoms with Gasteiger partial charge in [-0.15, -0.1) is 0 Å². The summed E-state index contributed by atoms with van der Waals surface area (Å²) in [7, 11) is -12.0. The Morgan fingerprint density at radius 3 is 0.900 bits per heavy atom. The molecule has 184 valence electrons. The summed E-state index contributed by atoms with van der Waals surface area (Å²) in [5.74, 6) is 0. The van der Waals surface area contributed by atoms with Crippen molar-refractivity contribution >= 4 is 14.5 Å². The fourth-order valence-corrected chi connectivity index (χ4v) is 2.88. The third kappa shape index (κ3) is 25.4. The van der Waals surface area contributed by atoms with Crippen LogP contribution in [-0.4, -0.2) is 113 Å². The van der Waals surface area contributed by atoms with Gasteiger partial charge in [-0.2, -0.15) is 0 Å². The van der Waals surface area contributed by atoms with Crippen molar-refractivity contribution < 1.29 is 34.5 Å². The van der Waals surface area contributed by atoms with Gasteiger partial charge in [-0.1, -0.05) is 27.7 Å². The molecule has 4 nitrogen and oxygen atoms in total. The number of hydrogen-bond acceptors (Lipinski definition) is 4. The lowest BCUT2D eigenvalue weighted by atomic mass is 10.3. The van der Waals surface area contributed by atoms with Crippen LogP contribution in [0.25, 0.3) is 0 Å². The van der Waals surface area contributed by atoms with E-state index in [-0.39, 0.29) is 0 Å². The topological polar surface area (TPSA) is 13.0 Å². The molecule has 0 bridgehead atoms. The van der Waals surface area contributed by atoms with E-state index in [2.05, 4.69) is 47.3 Å². The number of rotatable bonds is 10. The normalized spacial score (nSPS) is 16.2. The molecular weight excluding hydrogens is 422 g/mol. The van der Waals surface area contributed by atoms with E-state index >= 15 is 0 Å². The van der Waals surface area contributed by atoms with E-state index in [0.717, 1.165) is 0 Å². The Morgan fingerprint density at radius 2 is 0.733 bits per heavy atom.